The van der Waals surface area contributed by atoms with Crippen LogP contribution < -0.4 is 14.8 Å². The molecule has 30 heavy (non-hydrogen) atoms. The van der Waals surface area contributed by atoms with Gasteiger partial charge >= 0.3 is 0 Å². The lowest BCUT2D eigenvalue weighted by atomic mass is 10.0. The fourth-order valence-electron chi connectivity index (χ4n) is 3.20. The minimum absolute atomic E-state index is 0. The second-order valence-corrected chi connectivity index (χ2v) is 6.91. The van der Waals surface area contributed by atoms with Crippen LogP contribution in [0.5, 0.6) is 11.5 Å². The second kappa shape index (κ2) is 13.3. The number of halogens is 1. The lowest BCUT2D eigenvalue weighted by Crippen LogP contribution is -2.24. The average molecular weight is 436 g/mol. The minimum Gasteiger partial charge on any atom is -0.493 e. The first-order valence-corrected chi connectivity index (χ1v) is 10.3. The van der Waals surface area contributed by atoms with Crippen LogP contribution in [0, 0.1) is 0 Å². The SMILES string of the molecule is CCOc1cc([C@@H](C)NCCO[C@@H](C)c2ccccc2)cc(OCC)c1C(C)=O.Cl. The van der Waals surface area contributed by atoms with Gasteiger partial charge in [0.05, 0.1) is 25.9 Å². The fraction of sp³-hybridized carbons (Fsp3) is 0.458. The summed E-state index contributed by atoms with van der Waals surface area (Å²) in [4.78, 5) is 12.1. The number of hydrogen-bond acceptors (Lipinski definition) is 5. The molecule has 0 unspecified atom stereocenters. The highest BCUT2D eigenvalue weighted by atomic mass is 35.5. The second-order valence-electron chi connectivity index (χ2n) is 6.91. The Hall–Kier alpha value is -2.08. The molecule has 0 saturated heterocycles. The number of ketones is 1. The third-order valence-corrected chi connectivity index (χ3v) is 4.73. The van der Waals surface area contributed by atoms with Crippen LogP contribution in [-0.4, -0.2) is 32.1 Å². The topological polar surface area (TPSA) is 56.8 Å². The normalized spacial score (nSPS) is 12.6. The quantitative estimate of drug-likeness (QED) is 0.350. The van der Waals surface area contributed by atoms with Crippen LogP contribution >= 0.6 is 12.4 Å². The Morgan fingerprint density at radius 3 is 2.03 bits per heavy atom. The van der Waals surface area contributed by atoms with Gasteiger partial charge in [0.2, 0.25) is 0 Å². The van der Waals surface area contributed by atoms with E-state index in [2.05, 4.69) is 31.3 Å². The summed E-state index contributed by atoms with van der Waals surface area (Å²) in [6, 6.07) is 14.1. The molecule has 0 aromatic heterocycles. The molecule has 0 bridgehead atoms. The number of ether oxygens (including phenoxy) is 3. The highest BCUT2D eigenvalue weighted by Crippen LogP contribution is 2.33. The third-order valence-electron chi connectivity index (χ3n) is 4.73. The molecule has 0 fully saturated rings. The van der Waals surface area contributed by atoms with E-state index in [1.54, 1.807) is 0 Å². The van der Waals surface area contributed by atoms with Gasteiger partial charge in [-0.25, -0.2) is 0 Å². The van der Waals surface area contributed by atoms with E-state index in [1.807, 2.05) is 44.2 Å². The lowest BCUT2D eigenvalue weighted by molar-refractivity contribution is 0.0666. The fourth-order valence-corrected chi connectivity index (χ4v) is 3.20. The number of rotatable bonds is 12. The zero-order chi connectivity index (χ0) is 21.2. The molecule has 0 heterocycles. The Bertz CT molecular complexity index is 755. The Kier molecular flexibility index (Phi) is 11.5. The summed E-state index contributed by atoms with van der Waals surface area (Å²) < 4.78 is 17.4. The van der Waals surface area contributed by atoms with E-state index in [0.29, 0.717) is 43.4 Å². The summed E-state index contributed by atoms with van der Waals surface area (Å²) in [6.07, 6.45) is 0.0530. The molecule has 6 heteroatoms. The Balaban J connectivity index is 0.00000450. The average Bonchev–Trinajstić information content (AvgIpc) is 2.71. The molecule has 0 aliphatic rings. The molecule has 2 aromatic rings. The van der Waals surface area contributed by atoms with Crippen molar-refractivity contribution in [3.63, 3.8) is 0 Å². The van der Waals surface area contributed by atoms with Gasteiger partial charge in [-0.15, -0.1) is 12.4 Å². The van der Waals surface area contributed by atoms with Gasteiger partial charge in [-0.2, -0.15) is 0 Å². The zero-order valence-electron chi connectivity index (χ0n) is 18.6. The maximum atomic E-state index is 12.1. The maximum absolute atomic E-state index is 12.1. The van der Waals surface area contributed by atoms with Crippen molar-refractivity contribution >= 4 is 18.2 Å². The maximum Gasteiger partial charge on any atom is 0.167 e. The number of hydrogen-bond donors (Lipinski definition) is 1. The van der Waals surface area contributed by atoms with Crippen molar-refractivity contribution in [2.45, 2.75) is 46.8 Å². The van der Waals surface area contributed by atoms with Crippen molar-refractivity contribution < 1.29 is 19.0 Å². The summed E-state index contributed by atoms with van der Waals surface area (Å²) in [5.74, 6) is 1.08. The van der Waals surface area contributed by atoms with E-state index in [1.165, 1.54) is 12.5 Å². The molecule has 0 aliphatic heterocycles. The first-order chi connectivity index (χ1) is 14.0. The minimum atomic E-state index is -0.0626. The van der Waals surface area contributed by atoms with Gasteiger partial charge in [0.15, 0.2) is 5.78 Å². The number of carbonyl (C=O) groups is 1. The van der Waals surface area contributed by atoms with E-state index in [9.17, 15) is 4.79 Å². The molecule has 1 N–H and O–H groups in total. The van der Waals surface area contributed by atoms with Crippen LogP contribution in [0.1, 0.15) is 68.2 Å². The predicted octanol–water partition coefficient (Wildman–Crippen LogP) is 5.54. The molecular formula is C24H34ClNO4. The summed E-state index contributed by atoms with van der Waals surface area (Å²) >= 11 is 0. The van der Waals surface area contributed by atoms with Crippen molar-refractivity contribution in [1.82, 2.24) is 5.32 Å². The largest absolute Gasteiger partial charge is 0.493 e. The molecule has 166 valence electrons. The van der Waals surface area contributed by atoms with Crippen molar-refractivity contribution in [2.24, 2.45) is 0 Å². The summed E-state index contributed by atoms with van der Waals surface area (Å²) in [6.45, 7) is 11.8. The monoisotopic (exact) mass is 435 g/mol. The Morgan fingerprint density at radius 1 is 0.967 bits per heavy atom. The van der Waals surface area contributed by atoms with Crippen molar-refractivity contribution in [3.05, 3.63) is 59.2 Å². The summed E-state index contributed by atoms with van der Waals surface area (Å²) in [7, 11) is 0. The molecule has 0 spiro atoms. The van der Waals surface area contributed by atoms with Crippen molar-refractivity contribution in [3.8, 4) is 11.5 Å². The van der Waals surface area contributed by atoms with Crippen LogP contribution in [-0.2, 0) is 4.74 Å². The van der Waals surface area contributed by atoms with Gasteiger partial charge in [0.25, 0.3) is 0 Å². The van der Waals surface area contributed by atoms with Crippen LogP contribution in [0.25, 0.3) is 0 Å². The molecule has 0 radical (unpaired) electrons. The molecule has 0 amide bonds. The molecule has 0 saturated carbocycles. The van der Waals surface area contributed by atoms with Gasteiger partial charge in [0, 0.05) is 12.6 Å². The van der Waals surface area contributed by atoms with Gasteiger partial charge in [-0.05, 0) is 57.9 Å². The lowest BCUT2D eigenvalue weighted by Gasteiger charge is -2.20. The third kappa shape index (κ3) is 7.31. The summed E-state index contributed by atoms with van der Waals surface area (Å²) in [5, 5.41) is 3.47. The number of nitrogens with one attached hydrogen (secondary N) is 1. The first-order valence-electron chi connectivity index (χ1n) is 10.3. The highest BCUT2D eigenvalue weighted by molar-refractivity contribution is 5.99. The van der Waals surface area contributed by atoms with E-state index in [0.717, 1.165) is 5.56 Å². The number of Topliss-reactive ketones (excluding diaryl/α,β-unsaturated/α-hetero) is 1. The van der Waals surface area contributed by atoms with Gasteiger partial charge in [0.1, 0.15) is 17.1 Å². The Labute approximate surface area is 186 Å². The number of benzene rings is 2. The predicted molar refractivity (Wildman–Crippen MR) is 123 cm³/mol. The standard InChI is InChI=1S/C24H33NO4.ClH/c1-6-27-22-15-21(16-23(28-7-2)24(22)18(4)26)17(3)25-13-14-29-19(5)20-11-9-8-10-12-20;/h8-12,15-17,19,25H,6-7,13-14H2,1-5H3;1H/t17-,19+;/m1./s1. The van der Waals surface area contributed by atoms with E-state index >= 15 is 0 Å². The summed E-state index contributed by atoms with van der Waals surface area (Å²) in [5.41, 5.74) is 2.69. The van der Waals surface area contributed by atoms with Crippen molar-refractivity contribution in [2.75, 3.05) is 26.4 Å². The van der Waals surface area contributed by atoms with Crippen molar-refractivity contribution in [1.29, 1.82) is 0 Å². The van der Waals surface area contributed by atoms with Crippen LogP contribution in [0.2, 0.25) is 0 Å². The first kappa shape index (κ1) is 26.0. The Morgan fingerprint density at radius 2 is 1.53 bits per heavy atom. The smallest absolute Gasteiger partial charge is 0.167 e. The van der Waals surface area contributed by atoms with Gasteiger partial charge in [-0.3, -0.25) is 4.79 Å². The zero-order valence-corrected chi connectivity index (χ0v) is 19.4. The number of carbonyl (C=O) groups excluding carboxylic acids is 1. The molecule has 5 nitrogen and oxygen atoms in total. The van der Waals surface area contributed by atoms with Gasteiger partial charge < -0.3 is 19.5 Å². The molecule has 2 aromatic carbocycles. The van der Waals surface area contributed by atoms with E-state index in [4.69, 9.17) is 14.2 Å². The van der Waals surface area contributed by atoms with E-state index in [-0.39, 0.29) is 30.3 Å². The van der Waals surface area contributed by atoms with Crippen LogP contribution in [0.15, 0.2) is 42.5 Å². The van der Waals surface area contributed by atoms with Crippen LogP contribution in [0.4, 0.5) is 0 Å². The molecule has 2 atom stereocenters. The molecule has 2 rings (SSSR count). The van der Waals surface area contributed by atoms with Gasteiger partial charge in [-0.1, -0.05) is 30.3 Å². The highest BCUT2D eigenvalue weighted by Gasteiger charge is 2.19. The van der Waals surface area contributed by atoms with Crippen LogP contribution in [0.3, 0.4) is 0 Å². The molecular weight excluding hydrogens is 402 g/mol. The van der Waals surface area contributed by atoms with E-state index < -0.39 is 0 Å². The molecule has 0 aliphatic carbocycles.